The van der Waals surface area contributed by atoms with Crippen LogP contribution in [0.2, 0.25) is 0 Å². The molecule has 0 saturated carbocycles. The Morgan fingerprint density at radius 1 is 1.55 bits per heavy atom. The van der Waals surface area contributed by atoms with E-state index in [0.717, 1.165) is 18.1 Å². The molecular weight excluding hydrogens is 276 g/mol. The molecule has 1 atom stereocenters. The van der Waals surface area contributed by atoms with Crippen LogP contribution >= 0.6 is 11.3 Å². The van der Waals surface area contributed by atoms with Crippen molar-refractivity contribution in [2.75, 3.05) is 37.4 Å². The van der Waals surface area contributed by atoms with Crippen molar-refractivity contribution in [1.82, 2.24) is 10.3 Å². The summed E-state index contributed by atoms with van der Waals surface area (Å²) >= 11 is 1.32. The minimum Gasteiger partial charge on any atom is -0.382 e. The monoisotopic (exact) mass is 300 g/mol. The standard InChI is InChI=1S/C13H24N4O2S/c1-5-7-17(4)13-16-11(14)10(20-13)12(18)15-8-9(3)19-6-2/h9H,5-8,14H2,1-4H3,(H,15,18). The van der Waals surface area contributed by atoms with Crippen molar-refractivity contribution in [2.24, 2.45) is 0 Å². The van der Waals surface area contributed by atoms with Gasteiger partial charge in [-0.1, -0.05) is 18.3 Å². The van der Waals surface area contributed by atoms with E-state index in [1.54, 1.807) is 0 Å². The number of nitrogen functional groups attached to an aromatic ring is 1. The molecule has 1 aromatic heterocycles. The highest BCUT2D eigenvalue weighted by molar-refractivity contribution is 7.18. The molecule has 0 aliphatic carbocycles. The Kier molecular flexibility index (Phi) is 6.74. The molecule has 0 aromatic carbocycles. The molecule has 0 aliphatic rings. The Hall–Kier alpha value is -1.34. The predicted molar refractivity (Wildman–Crippen MR) is 83.5 cm³/mol. The van der Waals surface area contributed by atoms with E-state index in [1.165, 1.54) is 11.3 Å². The molecule has 0 aliphatic heterocycles. The molecule has 0 saturated heterocycles. The third-order valence-electron chi connectivity index (χ3n) is 2.74. The van der Waals surface area contributed by atoms with E-state index >= 15 is 0 Å². The van der Waals surface area contributed by atoms with E-state index in [-0.39, 0.29) is 17.8 Å². The van der Waals surface area contributed by atoms with Gasteiger partial charge in [0.15, 0.2) is 5.13 Å². The lowest BCUT2D eigenvalue weighted by atomic mass is 10.4. The number of hydrogen-bond acceptors (Lipinski definition) is 6. The summed E-state index contributed by atoms with van der Waals surface area (Å²) < 4.78 is 5.37. The van der Waals surface area contributed by atoms with E-state index in [9.17, 15) is 4.79 Å². The number of nitrogens with zero attached hydrogens (tertiary/aromatic N) is 2. The third kappa shape index (κ3) is 4.64. The van der Waals surface area contributed by atoms with Crippen molar-refractivity contribution in [3.8, 4) is 0 Å². The molecule has 3 N–H and O–H groups in total. The molecule has 0 fully saturated rings. The first-order chi connectivity index (χ1) is 9.49. The average molecular weight is 300 g/mol. The lowest BCUT2D eigenvalue weighted by Gasteiger charge is -2.13. The predicted octanol–water partition coefficient (Wildman–Crippen LogP) is 1.73. The van der Waals surface area contributed by atoms with Gasteiger partial charge in [-0.25, -0.2) is 4.98 Å². The van der Waals surface area contributed by atoms with Crippen LogP contribution in [0.3, 0.4) is 0 Å². The van der Waals surface area contributed by atoms with Gasteiger partial charge >= 0.3 is 0 Å². The number of thiazole rings is 1. The first-order valence-electron chi connectivity index (χ1n) is 6.86. The SMILES string of the molecule is CCCN(C)c1nc(N)c(C(=O)NCC(C)OCC)s1. The van der Waals surface area contributed by atoms with Gasteiger partial charge in [0.2, 0.25) is 0 Å². The number of ether oxygens (including phenoxy) is 1. The molecule has 1 rings (SSSR count). The number of amides is 1. The number of nitrogens with two attached hydrogens (primary N) is 1. The number of hydrogen-bond donors (Lipinski definition) is 2. The summed E-state index contributed by atoms with van der Waals surface area (Å²) in [6.45, 7) is 7.91. The third-order valence-corrected chi connectivity index (χ3v) is 3.92. The Labute approximate surface area is 124 Å². The van der Waals surface area contributed by atoms with Crippen LogP contribution in [0.1, 0.15) is 36.9 Å². The van der Waals surface area contributed by atoms with Crippen molar-refractivity contribution in [3.63, 3.8) is 0 Å². The van der Waals surface area contributed by atoms with E-state index in [1.807, 2.05) is 25.8 Å². The zero-order chi connectivity index (χ0) is 15.1. The van der Waals surface area contributed by atoms with Crippen LogP contribution in [0.25, 0.3) is 0 Å². The molecule has 7 heteroatoms. The van der Waals surface area contributed by atoms with Gasteiger partial charge in [-0.2, -0.15) is 0 Å². The second kappa shape index (κ2) is 8.06. The number of aromatic nitrogens is 1. The molecule has 0 radical (unpaired) electrons. The normalized spacial score (nSPS) is 12.2. The second-order valence-corrected chi connectivity index (χ2v) is 5.59. The fourth-order valence-corrected chi connectivity index (χ4v) is 2.63. The summed E-state index contributed by atoms with van der Waals surface area (Å²) in [4.78, 5) is 18.8. The Bertz CT molecular complexity index is 436. The van der Waals surface area contributed by atoms with Crippen LogP contribution in [0.15, 0.2) is 0 Å². The van der Waals surface area contributed by atoms with Gasteiger partial charge in [0.1, 0.15) is 10.7 Å². The zero-order valence-corrected chi connectivity index (χ0v) is 13.4. The van der Waals surface area contributed by atoms with Gasteiger partial charge in [-0.15, -0.1) is 0 Å². The molecule has 6 nitrogen and oxygen atoms in total. The molecule has 0 bridgehead atoms. The molecule has 1 unspecified atom stereocenters. The number of carbonyl (C=O) groups excluding carboxylic acids is 1. The van der Waals surface area contributed by atoms with Crippen LogP contribution in [-0.4, -0.2) is 43.7 Å². The van der Waals surface area contributed by atoms with Gasteiger partial charge < -0.3 is 20.7 Å². The van der Waals surface area contributed by atoms with Crippen molar-refractivity contribution in [2.45, 2.75) is 33.3 Å². The van der Waals surface area contributed by atoms with Gasteiger partial charge in [-0.3, -0.25) is 4.79 Å². The molecule has 1 amide bonds. The summed E-state index contributed by atoms with van der Waals surface area (Å²) in [5.41, 5.74) is 5.82. The van der Waals surface area contributed by atoms with E-state index in [4.69, 9.17) is 10.5 Å². The highest BCUT2D eigenvalue weighted by Crippen LogP contribution is 2.27. The maximum absolute atomic E-state index is 12.1. The summed E-state index contributed by atoms with van der Waals surface area (Å²) in [5.74, 6) is 0.0946. The van der Waals surface area contributed by atoms with Crippen molar-refractivity contribution in [1.29, 1.82) is 0 Å². The van der Waals surface area contributed by atoms with Gasteiger partial charge in [0.05, 0.1) is 6.10 Å². The molecular formula is C13H24N4O2S. The van der Waals surface area contributed by atoms with E-state index in [0.29, 0.717) is 18.0 Å². The minimum atomic E-state index is -0.192. The molecule has 20 heavy (non-hydrogen) atoms. The highest BCUT2D eigenvalue weighted by Gasteiger charge is 2.18. The van der Waals surface area contributed by atoms with E-state index < -0.39 is 0 Å². The minimum absolute atomic E-state index is 0.0136. The first kappa shape index (κ1) is 16.7. The van der Waals surface area contributed by atoms with Crippen molar-refractivity contribution in [3.05, 3.63) is 4.88 Å². The highest BCUT2D eigenvalue weighted by atomic mass is 32.1. The van der Waals surface area contributed by atoms with Crippen LogP contribution in [0.5, 0.6) is 0 Å². The summed E-state index contributed by atoms with van der Waals surface area (Å²) in [6, 6.07) is 0. The topological polar surface area (TPSA) is 80.5 Å². The van der Waals surface area contributed by atoms with Crippen LogP contribution in [0, 0.1) is 0 Å². The van der Waals surface area contributed by atoms with Gasteiger partial charge in [0.25, 0.3) is 5.91 Å². The molecule has 0 spiro atoms. The Morgan fingerprint density at radius 3 is 2.85 bits per heavy atom. The maximum atomic E-state index is 12.1. The smallest absolute Gasteiger partial charge is 0.265 e. The van der Waals surface area contributed by atoms with E-state index in [2.05, 4.69) is 17.2 Å². The quantitative estimate of drug-likeness (QED) is 0.764. The average Bonchev–Trinajstić information content (AvgIpc) is 2.79. The van der Waals surface area contributed by atoms with Gasteiger partial charge in [-0.05, 0) is 20.3 Å². The number of anilines is 2. The first-order valence-corrected chi connectivity index (χ1v) is 7.68. The Balaban J connectivity index is 2.64. The maximum Gasteiger partial charge on any atom is 0.265 e. The summed E-state index contributed by atoms with van der Waals surface area (Å²) in [6.07, 6.45) is 1.00. The lowest BCUT2D eigenvalue weighted by molar-refractivity contribution is 0.0697. The van der Waals surface area contributed by atoms with Crippen molar-refractivity contribution < 1.29 is 9.53 Å². The van der Waals surface area contributed by atoms with Crippen LogP contribution in [0.4, 0.5) is 10.9 Å². The molecule has 1 heterocycles. The number of carbonyl (C=O) groups is 1. The number of rotatable bonds is 8. The zero-order valence-electron chi connectivity index (χ0n) is 12.6. The second-order valence-electron chi connectivity index (χ2n) is 4.61. The number of nitrogens with one attached hydrogen (secondary N) is 1. The largest absolute Gasteiger partial charge is 0.382 e. The fourth-order valence-electron chi connectivity index (χ4n) is 1.74. The van der Waals surface area contributed by atoms with Crippen molar-refractivity contribution >= 4 is 28.2 Å². The lowest BCUT2D eigenvalue weighted by Crippen LogP contribution is -2.32. The fraction of sp³-hybridized carbons (Fsp3) is 0.692. The summed E-state index contributed by atoms with van der Waals surface area (Å²) in [7, 11) is 1.95. The van der Waals surface area contributed by atoms with Crippen LogP contribution in [-0.2, 0) is 4.74 Å². The molecule has 1 aromatic rings. The van der Waals surface area contributed by atoms with Crippen LogP contribution < -0.4 is 16.0 Å². The summed E-state index contributed by atoms with van der Waals surface area (Å²) in [5, 5.41) is 3.59. The Morgan fingerprint density at radius 2 is 2.25 bits per heavy atom. The molecule has 114 valence electrons. The van der Waals surface area contributed by atoms with Gasteiger partial charge in [0, 0.05) is 26.7 Å².